The second-order valence-electron chi connectivity index (χ2n) is 1.37. The first-order valence-corrected chi connectivity index (χ1v) is 3.55. The molecule has 0 heterocycles. The van der Waals surface area contributed by atoms with Crippen LogP contribution < -0.4 is 6.15 Å². The third kappa shape index (κ3) is 17.6. The summed E-state index contributed by atoms with van der Waals surface area (Å²) in [6.45, 7) is 0. The monoisotopic (exact) mass is 176 g/mol. The SMILES string of the molecule is N.O=S([O-])O.c1ccccc1. The van der Waals surface area contributed by atoms with E-state index in [0.29, 0.717) is 0 Å². The lowest BCUT2D eigenvalue weighted by Crippen LogP contribution is -1.75. The van der Waals surface area contributed by atoms with Crippen molar-refractivity contribution in [2.45, 2.75) is 0 Å². The highest BCUT2D eigenvalue weighted by atomic mass is 32.2. The molecule has 4 nitrogen and oxygen atoms in total. The lowest BCUT2D eigenvalue weighted by Gasteiger charge is -1.83. The van der Waals surface area contributed by atoms with Gasteiger partial charge in [0.25, 0.3) is 0 Å². The average molecular weight is 176 g/mol. The maximum atomic E-state index is 8.56. The van der Waals surface area contributed by atoms with Gasteiger partial charge in [-0.2, -0.15) is 0 Å². The molecule has 1 atom stereocenters. The van der Waals surface area contributed by atoms with E-state index in [1.165, 1.54) is 0 Å². The first-order chi connectivity index (χ1) is 4.73. The smallest absolute Gasteiger partial charge is 0.0814 e. The van der Waals surface area contributed by atoms with Crippen LogP contribution in [-0.2, 0) is 11.4 Å². The van der Waals surface area contributed by atoms with Gasteiger partial charge in [-0.1, -0.05) is 36.4 Å². The zero-order valence-corrected chi connectivity index (χ0v) is 6.66. The second kappa shape index (κ2) is 9.25. The number of hydrogen-bond acceptors (Lipinski definition) is 3. The Bertz CT molecular complexity index is 150. The highest BCUT2D eigenvalue weighted by Gasteiger charge is 1.57. The van der Waals surface area contributed by atoms with Gasteiger partial charge >= 0.3 is 0 Å². The Labute approximate surface area is 68.0 Å². The number of hydrogen-bond donors (Lipinski definition) is 2. The van der Waals surface area contributed by atoms with Crippen molar-refractivity contribution in [3.05, 3.63) is 36.4 Å². The predicted octanol–water partition coefficient (Wildman–Crippen LogP) is 1.19. The van der Waals surface area contributed by atoms with Crippen LogP contribution in [0, 0.1) is 0 Å². The fraction of sp³-hybridized carbons (Fsp3) is 0. The molecule has 64 valence electrons. The molecule has 0 saturated heterocycles. The molecule has 1 rings (SSSR count). The minimum Gasteiger partial charge on any atom is -0.750 e. The van der Waals surface area contributed by atoms with E-state index in [9.17, 15) is 0 Å². The first kappa shape index (κ1) is 12.9. The van der Waals surface area contributed by atoms with Gasteiger partial charge in [0.15, 0.2) is 0 Å². The normalized spacial score (nSPS) is 10.0. The van der Waals surface area contributed by atoms with Crippen molar-refractivity contribution < 1.29 is 13.3 Å². The van der Waals surface area contributed by atoms with E-state index >= 15 is 0 Å². The topological polar surface area (TPSA) is 95.4 Å². The molecule has 0 bridgehead atoms. The third-order valence-corrected chi connectivity index (χ3v) is 0.667. The maximum Gasteiger partial charge on any atom is 0.0814 e. The Balaban J connectivity index is 0. The Morgan fingerprint density at radius 2 is 1.09 bits per heavy atom. The van der Waals surface area contributed by atoms with Gasteiger partial charge in [0.2, 0.25) is 0 Å². The van der Waals surface area contributed by atoms with Gasteiger partial charge in [-0.15, -0.1) is 0 Å². The summed E-state index contributed by atoms with van der Waals surface area (Å²) < 4.78 is 24.1. The van der Waals surface area contributed by atoms with Crippen molar-refractivity contribution >= 4 is 11.4 Å². The molecule has 0 aromatic heterocycles. The molecule has 1 aromatic carbocycles. The van der Waals surface area contributed by atoms with Gasteiger partial charge in [0.1, 0.15) is 0 Å². The van der Waals surface area contributed by atoms with Crippen LogP contribution in [0.1, 0.15) is 0 Å². The Morgan fingerprint density at radius 1 is 1.00 bits per heavy atom. The molecule has 0 aliphatic rings. The zero-order chi connectivity index (χ0) is 7.82. The minimum atomic E-state index is -2.86. The first-order valence-electron chi connectivity index (χ1n) is 2.52. The number of benzene rings is 1. The molecular weight excluding hydrogens is 166 g/mol. The van der Waals surface area contributed by atoms with E-state index in [-0.39, 0.29) is 6.15 Å². The molecule has 0 amide bonds. The fourth-order valence-electron chi connectivity index (χ4n) is 0.385. The molecule has 0 aliphatic heterocycles. The highest BCUT2D eigenvalue weighted by Crippen LogP contribution is 1.79. The van der Waals surface area contributed by atoms with Crippen molar-refractivity contribution in [1.82, 2.24) is 6.15 Å². The Morgan fingerprint density at radius 3 is 1.18 bits per heavy atom. The van der Waals surface area contributed by atoms with Gasteiger partial charge in [-0.05, 0) is 0 Å². The average Bonchev–Trinajstić information content (AvgIpc) is 1.90. The Kier molecular flexibility index (Phi) is 10.8. The molecule has 0 aliphatic carbocycles. The van der Waals surface area contributed by atoms with Gasteiger partial charge in [0.05, 0.1) is 11.4 Å². The van der Waals surface area contributed by atoms with E-state index in [2.05, 4.69) is 0 Å². The summed E-state index contributed by atoms with van der Waals surface area (Å²) in [7, 11) is 0. The summed E-state index contributed by atoms with van der Waals surface area (Å²) in [4.78, 5) is 0. The van der Waals surface area contributed by atoms with Crippen molar-refractivity contribution in [2.75, 3.05) is 0 Å². The molecule has 0 fully saturated rings. The number of rotatable bonds is 0. The van der Waals surface area contributed by atoms with Crippen molar-refractivity contribution in [1.29, 1.82) is 0 Å². The molecule has 4 N–H and O–H groups in total. The lowest BCUT2D eigenvalue weighted by molar-refractivity contribution is 0.436. The summed E-state index contributed by atoms with van der Waals surface area (Å²) in [5.74, 6) is 0. The molecule has 5 heteroatoms. The van der Waals surface area contributed by atoms with Crippen LogP contribution in [-0.4, -0.2) is 13.3 Å². The largest absolute Gasteiger partial charge is 0.750 e. The molecule has 11 heavy (non-hydrogen) atoms. The molecular formula is C6H10NO3S-. The van der Waals surface area contributed by atoms with Gasteiger partial charge in [-0.25, -0.2) is 4.21 Å². The molecule has 0 spiro atoms. The summed E-state index contributed by atoms with van der Waals surface area (Å²) in [6.07, 6.45) is 0. The molecule has 0 radical (unpaired) electrons. The minimum absolute atomic E-state index is 0. The highest BCUT2D eigenvalue weighted by molar-refractivity contribution is 7.73. The fourth-order valence-corrected chi connectivity index (χ4v) is 0.385. The second-order valence-corrected chi connectivity index (χ2v) is 1.81. The summed E-state index contributed by atoms with van der Waals surface area (Å²) in [6, 6.07) is 12.0. The summed E-state index contributed by atoms with van der Waals surface area (Å²) in [5.41, 5.74) is 0. The summed E-state index contributed by atoms with van der Waals surface area (Å²) >= 11 is -2.86. The van der Waals surface area contributed by atoms with E-state index in [4.69, 9.17) is 13.3 Å². The van der Waals surface area contributed by atoms with Crippen molar-refractivity contribution in [3.8, 4) is 0 Å². The van der Waals surface area contributed by atoms with Gasteiger partial charge in [0, 0.05) is 0 Å². The quantitative estimate of drug-likeness (QED) is 0.580. The molecule has 1 unspecified atom stereocenters. The van der Waals surface area contributed by atoms with Crippen LogP contribution in [0.4, 0.5) is 0 Å². The van der Waals surface area contributed by atoms with E-state index in [1.54, 1.807) is 0 Å². The van der Waals surface area contributed by atoms with E-state index in [0.717, 1.165) is 0 Å². The van der Waals surface area contributed by atoms with Crippen LogP contribution in [0.25, 0.3) is 0 Å². The van der Waals surface area contributed by atoms with Crippen LogP contribution >= 0.6 is 0 Å². The van der Waals surface area contributed by atoms with E-state index in [1.807, 2.05) is 36.4 Å². The van der Waals surface area contributed by atoms with Crippen LogP contribution in [0.15, 0.2) is 36.4 Å². The Hall–Kier alpha value is -0.750. The lowest BCUT2D eigenvalue weighted by atomic mass is 10.4. The van der Waals surface area contributed by atoms with E-state index < -0.39 is 11.4 Å². The third-order valence-electron chi connectivity index (χ3n) is 0.667. The van der Waals surface area contributed by atoms with Crippen molar-refractivity contribution in [3.63, 3.8) is 0 Å². The zero-order valence-electron chi connectivity index (χ0n) is 5.84. The predicted molar refractivity (Wildman–Crippen MR) is 43.0 cm³/mol. The van der Waals surface area contributed by atoms with Gasteiger partial charge in [-0.3, -0.25) is 0 Å². The molecule has 0 saturated carbocycles. The maximum absolute atomic E-state index is 8.56. The summed E-state index contributed by atoms with van der Waals surface area (Å²) in [5, 5.41) is 0. The van der Waals surface area contributed by atoms with Gasteiger partial charge < -0.3 is 15.3 Å². The van der Waals surface area contributed by atoms with Crippen LogP contribution in [0.2, 0.25) is 0 Å². The van der Waals surface area contributed by atoms with Crippen LogP contribution in [0.5, 0.6) is 0 Å². The van der Waals surface area contributed by atoms with Crippen LogP contribution in [0.3, 0.4) is 0 Å². The molecule has 1 aromatic rings. The standard InChI is InChI=1S/C6H6.H3N.H2O3S/c1-2-4-6-5-3-1;;1-4(2)3/h1-6H;1H3;(H2,1,2,3)/p-1. The van der Waals surface area contributed by atoms with Crippen molar-refractivity contribution in [2.24, 2.45) is 0 Å².